The molecule has 0 aliphatic rings. The number of hydrogen-bond donors (Lipinski definition) is 2. The first-order valence-corrected chi connectivity index (χ1v) is 7.02. The Labute approximate surface area is 114 Å². The Morgan fingerprint density at radius 2 is 2.37 bits per heavy atom. The maximum atomic E-state index is 11.0. The number of pyridine rings is 1. The molecule has 0 aliphatic carbocycles. The molecule has 0 spiro atoms. The number of carbonyl (C=O) groups is 1. The molecule has 0 radical (unpaired) electrons. The van der Waals surface area contributed by atoms with Gasteiger partial charge in [-0.1, -0.05) is 6.92 Å². The van der Waals surface area contributed by atoms with E-state index < -0.39 is 16.6 Å². The van der Waals surface area contributed by atoms with Crippen molar-refractivity contribution in [2.24, 2.45) is 0 Å². The van der Waals surface area contributed by atoms with Crippen LogP contribution in [-0.2, 0) is 0 Å². The number of aromatic nitrogens is 1. The third-order valence-corrected chi connectivity index (χ3v) is 3.26. The number of hydrogen-bond acceptors (Lipinski definition) is 6. The molecule has 104 valence electrons. The highest BCUT2D eigenvalue weighted by atomic mass is 32.2. The lowest BCUT2D eigenvalue weighted by Gasteiger charge is -2.16. The monoisotopic (exact) mass is 285 g/mol. The third kappa shape index (κ3) is 4.09. The first-order valence-electron chi connectivity index (χ1n) is 5.62. The van der Waals surface area contributed by atoms with Crippen LogP contribution >= 0.6 is 11.8 Å². The summed E-state index contributed by atoms with van der Waals surface area (Å²) in [5.41, 5.74) is -0.863. The molecule has 1 atom stereocenters. The number of nitro groups is 1. The Kier molecular flexibility index (Phi) is 5.56. The maximum Gasteiger partial charge on any atom is 0.342 e. The molecule has 0 saturated heterocycles. The summed E-state index contributed by atoms with van der Waals surface area (Å²) in [6.45, 7) is 2.00. The molecule has 1 unspecified atom stereocenters. The van der Waals surface area contributed by atoms with Crippen molar-refractivity contribution in [3.8, 4) is 0 Å². The van der Waals surface area contributed by atoms with Gasteiger partial charge in [-0.3, -0.25) is 10.1 Å². The fraction of sp³-hybridized carbons (Fsp3) is 0.455. The summed E-state index contributed by atoms with van der Waals surface area (Å²) in [5, 5.41) is 22.7. The summed E-state index contributed by atoms with van der Waals surface area (Å²) in [6, 6.07) is 1.34. The molecule has 7 nitrogen and oxygen atoms in total. The Morgan fingerprint density at radius 3 is 2.84 bits per heavy atom. The van der Waals surface area contributed by atoms with Crippen molar-refractivity contribution in [3.63, 3.8) is 0 Å². The minimum Gasteiger partial charge on any atom is -0.477 e. The van der Waals surface area contributed by atoms with Gasteiger partial charge >= 0.3 is 11.7 Å². The lowest BCUT2D eigenvalue weighted by Crippen LogP contribution is -2.22. The van der Waals surface area contributed by atoms with Crippen LogP contribution in [-0.4, -0.2) is 39.0 Å². The predicted octanol–water partition coefficient (Wildman–Crippen LogP) is 2.24. The minimum atomic E-state index is -1.34. The van der Waals surface area contributed by atoms with Gasteiger partial charge < -0.3 is 10.4 Å². The van der Waals surface area contributed by atoms with Gasteiger partial charge in [0.2, 0.25) is 0 Å². The highest BCUT2D eigenvalue weighted by Crippen LogP contribution is 2.21. The SMILES string of the molecule is CCC(CSC)Nc1cc(C(=O)O)c([N+](=O)[O-])cn1. The van der Waals surface area contributed by atoms with E-state index in [1.807, 2.05) is 13.2 Å². The molecule has 1 aromatic heterocycles. The van der Waals surface area contributed by atoms with Crippen LogP contribution in [0.2, 0.25) is 0 Å². The van der Waals surface area contributed by atoms with E-state index in [9.17, 15) is 14.9 Å². The number of anilines is 1. The fourth-order valence-electron chi connectivity index (χ4n) is 1.52. The van der Waals surface area contributed by atoms with Crippen LogP contribution in [0, 0.1) is 10.1 Å². The lowest BCUT2D eigenvalue weighted by molar-refractivity contribution is -0.385. The van der Waals surface area contributed by atoms with Crippen LogP contribution in [0.25, 0.3) is 0 Å². The van der Waals surface area contributed by atoms with E-state index in [2.05, 4.69) is 10.3 Å². The van der Waals surface area contributed by atoms with E-state index in [4.69, 9.17) is 5.11 Å². The van der Waals surface area contributed by atoms with Gasteiger partial charge in [-0.05, 0) is 12.7 Å². The third-order valence-electron chi connectivity index (χ3n) is 2.52. The highest BCUT2D eigenvalue weighted by molar-refractivity contribution is 7.98. The summed E-state index contributed by atoms with van der Waals surface area (Å²) in [5.74, 6) is -0.156. The number of carboxylic acids is 1. The second-order valence-corrected chi connectivity index (χ2v) is 4.76. The predicted molar refractivity (Wildman–Crippen MR) is 73.9 cm³/mol. The van der Waals surface area contributed by atoms with E-state index in [0.29, 0.717) is 5.82 Å². The molecular weight excluding hydrogens is 270 g/mol. The van der Waals surface area contributed by atoms with Crippen LogP contribution in [0.3, 0.4) is 0 Å². The molecule has 2 N–H and O–H groups in total. The fourth-order valence-corrected chi connectivity index (χ4v) is 2.24. The van der Waals surface area contributed by atoms with Crippen LogP contribution < -0.4 is 5.32 Å². The Balaban J connectivity index is 3.01. The quantitative estimate of drug-likeness (QED) is 0.584. The van der Waals surface area contributed by atoms with Gasteiger partial charge in [-0.2, -0.15) is 11.8 Å². The van der Waals surface area contributed by atoms with Crippen LogP contribution in [0.4, 0.5) is 11.5 Å². The molecular formula is C11H15N3O4S. The Bertz CT molecular complexity index is 481. The zero-order chi connectivity index (χ0) is 14.4. The lowest BCUT2D eigenvalue weighted by atomic mass is 10.2. The van der Waals surface area contributed by atoms with Crippen molar-refractivity contribution in [2.45, 2.75) is 19.4 Å². The first-order chi connectivity index (χ1) is 8.99. The van der Waals surface area contributed by atoms with E-state index in [1.165, 1.54) is 6.07 Å². The number of aromatic carboxylic acids is 1. The number of nitrogens with one attached hydrogen (secondary N) is 1. The molecule has 1 aromatic rings. The number of rotatable bonds is 7. The van der Waals surface area contributed by atoms with Gasteiger partial charge in [0.15, 0.2) is 0 Å². The van der Waals surface area contributed by atoms with Crippen molar-refractivity contribution < 1.29 is 14.8 Å². The molecule has 0 saturated carbocycles. The average molecular weight is 285 g/mol. The maximum absolute atomic E-state index is 11.0. The highest BCUT2D eigenvalue weighted by Gasteiger charge is 2.21. The molecule has 0 bridgehead atoms. The summed E-state index contributed by atoms with van der Waals surface area (Å²) in [7, 11) is 0. The summed E-state index contributed by atoms with van der Waals surface area (Å²) in [6.07, 6.45) is 3.79. The largest absolute Gasteiger partial charge is 0.477 e. The summed E-state index contributed by atoms with van der Waals surface area (Å²) >= 11 is 1.66. The van der Waals surface area contributed by atoms with Gasteiger partial charge in [0.1, 0.15) is 17.6 Å². The molecule has 0 fully saturated rings. The zero-order valence-corrected chi connectivity index (χ0v) is 11.4. The smallest absolute Gasteiger partial charge is 0.342 e. The second kappa shape index (κ2) is 6.93. The minimum absolute atomic E-state index is 0.144. The van der Waals surface area contributed by atoms with E-state index in [1.54, 1.807) is 11.8 Å². The van der Waals surface area contributed by atoms with Crippen molar-refractivity contribution in [3.05, 3.63) is 27.9 Å². The zero-order valence-electron chi connectivity index (χ0n) is 10.6. The van der Waals surface area contributed by atoms with Crippen molar-refractivity contribution in [2.75, 3.05) is 17.3 Å². The van der Waals surface area contributed by atoms with Crippen LogP contribution in [0.15, 0.2) is 12.3 Å². The van der Waals surface area contributed by atoms with Crippen LogP contribution in [0.5, 0.6) is 0 Å². The standard InChI is InChI=1S/C11H15N3O4S/c1-3-7(6-19-2)13-10-4-8(11(15)16)9(5-12-10)14(17)18/h4-5,7H,3,6H2,1-2H3,(H,12,13)(H,15,16). The van der Waals surface area contributed by atoms with Crippen molar-refractivity contribution in [1.82, 2.24) is 4.98 Å². The van der Waals surface area contributed by atoms with Gasteiger partial charge in [-0.25, -0.2) is 9.78 Å². The number of nitrogens with zero attached hydrogens (tertiary/aromatic N) is 2. The number of carboxylic acid groups (broad SMARTS) is 1. The van der Waals surface area contributed by atoms with Gasteiger partial charge in [0, 0.05) is 17.9 Å². The van der Waals surface area contributed by atoms with E-state index >= 15 is 0 Å². The van der Waals surface area contributed by atoms with Crippen LogP contribution in [0.1, 0.15) is 23.7 Å². The second-order valence-electron chi connectivity index (χ2n) is 3.85. The Morgan fingerprint density at radius 1 is 1.68 bits per heavy atom. The summed E-state index contributed by atoms with van der Waals surface area (Å²) < 4.78 is 0. The molecule has 19 heavy (non-hydrogen) atoms. The average Bonchev–Trinajstić information content (AvgIpc) is 2.37. The molecule has 1 heterocycles. The van der Waals surface area contributed by atoms with E-state index in [0.717, 1.165) is 18.4 Å². The van der Waals surface area contributed by atoms with E-state index in [-0.39, 0.29) is 11.6 Å². The van der Waals surface area contributed by atoms with Gasteiger partial charge in [0.25, 0.3) is 0 Å². The normalized spacial score (nSPS) is 11.9. The molecule has 1 rings (SSSR count). The van der Waals surface area contributed by atoms with Crippen molar-refractivity contribution in [1.29, 1.82) is 0 Å². The number of thioether (sulfide) groups is 1. The molecule has 8 heteroatoms. The Hall–Kier alpha value is -1.83. The van der Waals surface area contributed by atoms with Gasteiger partial charge in [-0.15, -0.1) is 0 Å². The molecule has 0 aromatic carbocycles. The molecule has 0 amide bonds. The topological polar surface area (TPSA) is 105 Å². The van der Waals surface area contributed by atoms with Gasteiger partial charge in [0.05, 0.1) is 4.92 Å². The molecule has 0 aliphatic heterocycles. The first kappa shape index (κ1) is 15.2. The summed E-state index contributed by atoms with van der Waals surface area (Å²) in [4.78, 5) is 24.8. The van der Waals surface area contributed by atoms with Crippen molar-refractivity contribution >= 4 is 29.2 Å².